The molecule has 1 saturated heterocycles. The number of rotatable bonds is 7. The third-order valence-corrected chi connectivity index (χ3v) is 6.86. The van der Waals surface area contributed by atoms with E-state index in [1.165, 1.54) is 4.31 Å². The van der Waals surface area contributed by atoms with Crippen LogP contribution in [0.3, 0.4) is 0 Å². The fourth-order valence-electron chi connectivity index (χ4n) is 3.27. The molecule has 1 heterocycles. The maximum atomic E-state index is 12.6. The summed E-state index contributed by atoms with van der Waals surface area (Å²) in [5.74, 6) is -0.927. The summed E-state index contributed by atoms with van der Waals surface area (Å²) in [6.07, 6.45) is 0. The molecule has 0 aliphatic carbocycles. The summed E-state index contributed by atoms with van der Waals surface area (Å²) in [5, 5.41) is 2.80. The van der Waals surface area contributed by atoms with Gasteiger partial charge in [0.25, 0.3) is 5.91 Å². The number of hydrogen-bond donors (Lipinski definition) is 1. The molecule has 0 aromatic heterocycles. The summed E-state index contributed by atoms with van der Waals surface area (Å²) < 4.78 is 36.7. The first kappa shape index (κ1) is 22.9. The average Bonchev–Trinajstić information content (AvgIpc) is 2.76. The van der Waals surface area contributed by atoms with Crippen molar-refractivity contribution >= 4 is 27.6 Å². The van der Waals surface area contributed by atoms with Crippen LogP contribution in [0.2, 0.25) is 0 Å². The van der Waals surface area contributed by atoms with Crippen molar-refractivity contribution in [3.05, 3.63) is 64.7 Å². The third kappa shape index (κ3) is 5.69. The highest BCUT2D eigenvalue weighted by Crippen LogP contribution is 2.21. The number of morpholine rings is 1. The van der Waals surface area contributed by atoms with Crippen LogP contribution in [0.25, 0.3) is 0 Å². The van der Waals surface area contributed by atoms with E-state index < -0.39 is 16.0 Å². The highest BCUT2D eigenvalue weighted by atomic mass is 32.2. The van der Waals surface area contributed by atoms with E-state index in [1.54, 1.807) is 56.3 Å². The second-order valence-corrected chi connectivity index (χ2v) is 9.09. The first-order valence-electron chi connectivity index (χ1n) is 10.0. The van der Waals surface area contributed by atoms with Gasteiger partial charge in [-0.1, -0.05) is 18.2 Å². The number of sulfonamides is 1. The Hall–Kier alpha value is -2.75. The van der Waals surface area contributed by atoms with Gasteiger partial charge >= 0.3 is 5.97 Å². The maximum absolute atomic E-state index is 12.6. The van der Waals surface area contributed by atoms with E-state index in [9.17, 15) is 18.0 Å². The van der Waals surface area contributed by atoms with Crippen molar-refractivity contribution in [2.24, 2.45) is 0 Å². The molecule has 1 N–H and O–H groups in total. The molecule has 2 aromatic rings. The molecule has 0 radical (unpaired) electrons. The number of anilines is 1. The summed E-state index contributed by atoms with van der Waals surface area (Å²) in [7, 11) is -3.43. The number of nitrogens with one attached hydrogen (secondary N) is 1. The van der Waals surface area contributed by atoms with Crippen molar-refractivity contribution in [1.29, 1.82) is 0 Å². The van der Waals surface area contributed by atoms with Gasteiger partial charge in [-0.15, -0.1) is 0 Å². The number of nitrogens with zero attached hydrogens (tertiary/aromatic N) is 1. The van der Waals surface area contributed by atoms with E-state index in [1.807, 2.05) is 0 Å². The summed E-state index contributed by atoms with van der Waals surface area (Å²) in [4.78, 5) is 24.7. The second kappa shape index (κ2) is 10.0. The number of hydrogen-bond acceptors (Lipinski definition) is 6. The molecule has 0 unspecified atom stereocenters. The van der Waals surface area contributed by atoms with Crippen molar-refractivity contribution in [2.75, 3.05) is 38.2 Å². The normalized spacial score (nSPS) is 14.8. The second-order valence-electron chi connectivity index (χ2n) is 7.12. The Morgan fingerprint density at radius 1 is 1.10 bits per heavy atom. The Kier molecular flexibility index (Phi) is 7.42. The van der Waals surface area contributed by atoms with Crippen LogP contribution >= 0.6 is 0 Å². The number of esters is 1. The van der Waals surface area contributed by atoms with Gasteiger partial charge in [0.05, 0.1) is 31.1 Å². The lowest BCUT2D eigenvalue weighted by atomic mass is 10.1. The Balaban J connectivity index is 1.68. The average molecular weight is 447 g/mol. The minimum absolute atomic E-state index is 0.129. The number of benzene rings is 2. The van der Waals surface area contributed by atoms with Gasteiger partial charge in [0.1, 0.15) is 0 Å². The van der Waals surface area contributed by atoms with E-state index in [0.29, 0.717) is 54.2 Å². The molecule has 0 atom stereocenters. The van der Waals surface area contributed by atoms with Crippen molar-refractivity contribution < 1.29 is 27.5 Å². The van der Waals surface area contributed by atoms with Crippen LogP contribution in [0.1, 0.15) is 38.8 Å². The summed E-state index contributed by atoms with van der Waals surface area (Å²) in [5.41, 5.74) is 2.50. The van der Waals surface area contributed by atoms with Crippen LogP contribution < -0.4 is 5.32 Å². The van der Waals surface area contributed by atoms with Crippen LogP contribution in [0.15, 0.2) is 42.5 Å². The zero-order valence-electron chi connectivity index (χ0n) is 17.6. The lowest BCUT2D eigenvalue weighted by Gasteiger charge is -2.26. The van der Waals surface area contributed by atoms with E-state index in [4.69, 9.17) is 9.47 Å². The molecule has 1 aliphatic heterocycles. The van der Waals surface area contributed by atoms with Crippen LogP contribution in [0.4, 0.5) is 5.69 Å². The van der Waals surface area contributed by atoms with Gasteiger partial charge in [0.2, 0.25) is 10.0 Å². The molecule has 0 saturated carbocycles. The molecular formula is C22H26N2O6S. The predicted octanol–water partition coefficient (Wildman–Crippen LogP) is 2.59. The summed E-state index contributed by atoms with van der Waals surface area (Å²) in [6.45, 7) is 5.24. The largest absolute Gasteiger partial charge is 0.462 e. The predicted molar refractivity (Wildman–Crippen MR) is 117 cm³/mol. The first-order valence-corrected chi connectivity index (χ1v) is 11.7. The van der Waals surface area contributed by atoms with Crippen LogP contribution in [-0.2, 0) is 25.2 Å². The van der Waals surface area contributed by atoms with Crippen molar-refractivity contribution in [3.63, 3.8) is 0 Å². The van der Waals surface area contributed by atoms with Gasteiger partial charge in [0.15, 0.2) is 0 Å². The molecule has 1 aliphatic rings. The number of carbonyl (C=O) groups excluding carboxylic acids is 2. The van der Waals surface area contributed by atoms with Gasteiger partial charge in [-0.05, 0) is 49.2 Å². The Labute approximate surface area is 182 Å². The van der Waals surface area contributed by atoms with Crippen molar-refractivity contribution in [3.8, 4) is 0 Å². The lowest BCUT2D eigenvalue weighted by Crippen LogP contribution is -2.41. The van der Waals surface area contributed by atoms with Gasteiger partial charge in [0, 0.05) is 24.3 Å². The van der Waals surface area contributed by atoms with Gasteiger partial charge in [-0.2, -0.15) is 4.31 Å². The van der Waals surface area contributed by atoms with Crippen molar-refractivity contribution in [2.45, 2.75) is 19.6 Å². The number of amides is 1. The standard InChI is InChI=1S/C22H26N2O6S/c1-3-30-22(26)19-5-4-6-20(16(19)2)23-21(25)18-9-7-17(8-10-18)15-31(27,28)24-11-13-29-14-12-24/h4-10H,3,11-15H2,1-2H3,(H,23,25). The minimum atomic E-state index is -3.43. The zero-order chi connectivity index (χ0) is 22.4. The SMILES string of the molecule is CCOC(=O)c1cccc(NC(=O)c2ccc(CS(=O)(=O)N3CCOCC3)cc2)c1C. The van der Waals surface area contributed by atoms with E-state index >= 15 is 0 Å². The van der Waals surface area contributed by atoms with E-state index in [-0.39, 0.29) is 18.3 Å². The molecule has 31 heavy (non-hydrogen) atoms. The van der Waals surface area contributed by atoms with Gasteiger partial charge in [-0.3, -0.25) is 4.79 Å². The minimum Gasteiger partial charge on any atom is -0.462 e. The Morgan fingerprint density at radius 2 is 1.77 bits per heavy atom. The summed E-state index contributed by atoms with van der Waals surface area (Å²) in [6, 6.07) is 11.5. The van der Waals surface area contributed by atoms with Crippen LogP contribution in [0.5, 0.6) is 0 Å². The summed E-state index contributed by atoms with van der Waals surface area (Å²) >= 11 is 0. The fourth-order valence-corrected chi connectivity index (χ4v) is 4.78. The van der Waals surface area contributed by atoms with Gasteiger partial charge < -0.3 is 14.8 Å². The quantitative estimate of drug-likeness (QED) is 0.656. The van der Waals surface area contributed by atoms with E-state index in [0.717, 1.165) is 0 Å². The highest BCUT2D eigenvalue weighted by molar-refractivity contribution is 7.88. The van der Waals surface area contributed by atoms with Crippen LogP contribution in [0, 0.1) is 6.92 Å². The van der Waals surface area contributed by atoms with E-state index in [2.05, 4.69) is 5.32 Å². The maximum Gasteiger partial charge on any atom is 0.338 e. The molecule has 0 bridgehead atoms. The first-order chi connectivity index (χ1) is 14.8. The molecule has 3 rings (SSSR count). The Bertz CT molecular complexity index is 1040. The molecule has 2 aromatic carbocycles. The lowest BCUT2D eigenvalue weighted by molar-refractivity contribution is 0.0525. The fraction of sp³-hybridized carbons (Fsp3) is 0.364. The monoisotopic (exact) mass is 446 g/mol. The smallest absolute Gasteiger partial charge is 0.338 e. The molecule has 166 valence electrons. The van der Waals surface area contributed by atoms with Crippen molar-refractivity contribution in [1.82, 2.24) is 4.31 Å². The molecule has 8 nitrogen and oxygen atoms in total. The molecular weight excluding hydrogens is 420 g/mol. The van der Waals surface area contributed by atoms with Gasteiger partial charge in [-0.25, -0.2) is 13.2 Å². The zero-order valence-corrected chi connectivity index (χ0v) is 18.4. The third-order valence-electron chi connectivity index (χ3n) is 5.01. The Morgan fingerprint density at radius 3 is 2.42 bits per heavy atom. The number of ether oxygens (including phenoxy) is 2. The molecule has 9 heteroatoms. The molecule has 1 fully saturated rings. The number of carbonyl (C=O) groups is 2. The highest BCUT2D eigenvalue weighted by Gasteiger charge is 2.24. The van der Waals surface area contributed by atoms with Crippen LogP contribution in [-0.4, -0.2) is 57.5 Å². The topological polar surface area (TPSA) is 102 Å². The molecule has 0 spiro atoms. The molecule has 1 amide bonds.